The molecule has 4 heteroatoms. The quantitative estimate of drug-likeness (QED) is 0.543. The van der Waals surface area contributed by atoms with Gasteiger partial charge in [0.25, 0.3) is 0 Å². The highest BCUT2D eigenvalue weighted by Gasteiger charge is 2.23. The zero-order chi connectivity index (χ0) is 16.8. The zero-order valence-electron chi connectivity index (χ0n) is 13.4. The fraction of sp³-hybridized carbons (Fsp3) is 0.0476. The molecule has 0 saturated carbocycles. The van der Waals surface area contributed by atoms with Crippen molar-refractivity contribution in [3.05, 3.63) is 78.0 Å². The van der Waals surface area contributed by atoms with E-state index in [1.807, 2.05) is 42.5 Å². The number of fused-ring (bicyclic) bond motifs is 4. The maximum Gasteiger partial charge on any atom is 0.246 e. The van der Waals surface area contributed by atoms with Gasteiger partial charge < -0.3 is 10.3 Å². The largest absolute Gasteiger partial charge is 0.351 e. The Morgan fingerprint density at radius 2 is 1.60 bits per heavy atom. The lowest BCUT2D eigenvalue weighted by molar-refractivity contribution is -0.114. The smallest absolute Gasteiger partial charge is 0.246 e. The average Bonchev–Trinajstić information content (AvgIpc) is 2.92. The van der Waals surface area contributed by atoms with Gasteiger partial charge in [-0.1, -0.05) is 60.7 Å². The van der Waals surface area contributed by atoms with Gasteiger partial charge in [-0.25, -0.2) is 0 Å². The predicted molar refractivity (Wildman–Crippen MR) is 101 cm³/mol. The molecule has 2 N–H and O–H groups in total. The van der Waals surface area contributed by atoms with Gasteiger partial charge in [0.1, 0.15) is 6.54 Å². The van der Waals surface area contributed by atoms with Crippen LogP contribution in [0, 0.1) is 0 Å². The molecule has 2 heterocycles. The molecule has 5 rings (SSSR count). The van der Waals surface area contributed by atoms with Crippen molar-refractivity contribution in [1.29, 1.82) is 0 Å². The summed E-state index contributed by atoms with van der Waals surface area (Å²) in [6, 6.07) is 22.4. The molecular formula is C21H15N3O. The first-order valence-electron chi connectivity index (χ1n) is 8.25. The van der Waals surface area contributed by atoms with Gasteiger partial charge in [0, 0.05) is 16.5 Å². The molecular weight excluding hydrogens is 310 g/mol. The third-order valence-electron chi connectivity index (χ3n) is 4.63. The van der Waals surface area contributed by atoms with Crippen molar-refractivity contribution in [2.45, 2.75) is 0 Å². The summed E-state index contributed by atoms with van der Waals surface area (Å²) in [7, 11) is 0. The number of benzene rings is 3. The van der Waals surface area contributed by atoms with E-state index < -0.39 is 0 Å². The minimum Gasteiger partial charge on any atom is -0.351 e. The minimum atomic E-state index is -0.0961. The Bertz CT molecular complexity index is 1160. The number of hydrogen-bond acceptors (Lipinski definition) is 2. The number of nitrogens with one attached hydrogen (secondary N) is 2. The molecule has 0 radical (unpaired) electrons. The van der Waals surface area contributed by atoms with Crippen LogP contribution in [0.3, 0.4) is 0 Å². The van der Waals surface area contributed by atoms with Gasteiger partial charge in [-0.2, -0.15) is 0 Å². The second-order valence-electron chi connectivity index (χ2n) is 6.16. The molecule has 0 fully saturated rings. The second kappa shape index (κ2) is 5.31. The fourth-order valence-electron chi connectivity index (χ4n) is 3.51. The summed E-state index contributed by atoms with van der Waals surface area (Å²) in [6.45, 7) is 0.120. The molecule has 0 aliphatic carbocycles. The Morgan fingerprint density at radius 1 is 0.840 bits per heavy atom. The van der Waals surface area contributed by atoms with Gasteiger partial charge in [-0.05, 0) is 16.8 Å². The first-order valence-corrected chi connectivity index (χ1v) is 8.25. The highest BCUT2D eigenvalue weighted by molar-refractivity contribution is 6.26. The zero-order valence-corrected chi connectivity index (χ0v) is 13.4. The highest BCUT2D eigenvalue weighted by Crippen LogP contribution is 2.32. The number of amides is 1. The van der Waals surface area contributed by atoms with Crippen molar-refractivity contribution in [2.24, 2.45) is 4.99 Å². The molecule has 0 atom stereocenters. The number of aromatic nitrogens is 1. The van der Waals surface area contributed by atoms with Crippen LogP contribution in [0.2, 0.25) is 0 Å². The number of H-pyrrole nitrogens is 1. The van der Waals surface area contributed by atoms with Crippen molar-refractivity contribution < 1.29 is 4.79 Å². The van der Waals surface area contributed by atoms with Gasteiger partial charge in [0.15, 0.2) is 0 Å². The van der Waals surface area contributed by atoms with Crippen LogP contribution in [0.25, 0.3) is 21.7 Å². The third kappa shape index (κ3) is 2.15. The van der Waals surface area contributed by atoms with E-state index in [1.165, 1.54) is 0 Å². The summed E-state index contributed by atoms with van der Waals surface area (Å²) >= 11 is 0. The molecule has 1 aromatic heterocycles. The summed E-state index contributed by atoms with van der Waals surface area (Å²) in [5.41, 5.74) is 4.51. The van der Waals surface area contributed by atoms with E-state index in [0.29, 0.717) is 0 Å². The number of carbonyl (C=O) groups excluding carboxylic acids is 1. The summed E-state index contributed by atoms with van der Waals surface area (Å²) < 4.78 is 0. The Morgan fingerprint density at radius 3 is 2.52 bits per heavy atom. The van der Waals surface area contributed by atoms with Crippen LogP contribution >= 0.6 is 0 Å². The van der Waals surface area contributed by atoms with Crippen LogP contribution in [0.1, 0.15) is 11.3 Å². The van der Waals surface area contributed by atoms with E-state index >= 15 is 0 Å². The van der Waals surface area contributed by atoms with E-state index in [2.05, 4.69) is 39.6 Å². The molecule has 3 aromatic carbocycles. The maximum atomic E-state index is 12.2. The summed E-state index contributed by atoms with van der Waals surface area (Å²) in [6.07, 6.45) is 0. The number of aromatic amines is 1. The van der Waals surface area contributed by atoms with E-state index in [-0.39, 0.29) is 12.5 Å². The Hall–Kier alpha value is -3.40. The third-order valence-corrected chi connectivity index (χ3v) is 4.63. The second-order valence-corrected chi connectivity index (χ2v) is 6.16. The summed E-state index contributed by atoms with van der Waals surface area (Å²) in [5, 5.41) is 6.29. The van der Waals surface area contributed by atoms with Crippen LogP contribution in [-0.4, -0.2) is 23.1 Å². The van der Waals surface area contributed by atoms with Gasteiger partial charge in [0.05, 0.1) is 17.1 Å². The molecule has 1 aliphatic rings. The first kappa shape index (κ1) is 14.0. The van der Waals surface area contributed by atoms with Crippen LogP contribution in [-0.2, 0) is 4.79 Å². The van der Waals surface area contributed by atoms with E-state index in [0.717, 1.165) is 44.3 Å². The normalized spacial score (nSPS) is 14.1. The Labute approximate surface area is 144 Å². The van der Waals surface area contributed by atoms with Gasteiger partial charge in [-0.15, -0.1) is 0 Å². The topological polar surface area (TPSA) is 57.2 Å². The number of rotatable bonds is 1. The first-order chi connectivity index (χ1) is 12.3. The minimum absolute atomic E-state index is 0.0961. The van der Waals surface area contributed by atoms with Crippen molar-refractivity contribution in [3.63, 3.8) is 0 Å². The standard InChI is InChI=1S/C21H15N3O/c25-18-12-22-19(15-10-5-7-13-6-1-2-8-14(13)15)21-20(24-18)16-9-3-4-11-17(16)23-21/h1-11,23H,12H2,(H,24,25). The number of nitrogens with zero attached hydrogens (tertiary/aromatic N) is 1. The van der Waals surface area contributed by atoms with E-state index in [1.54, 1.807) is 0 Å². The number of aliphatic imine (C=N–C) groups is 1. The number of anilines is 1. The summed E-state index contributed by atoms with van der Waals surface area (Å²) in [4.78, 5) is 20.3. The molecule has 0 bridgehead atoms. The van der Waals surface area contributed by atoms with Crippen LogP contribution < -0.4 is 5.32 Å². The SMILES string of the molecule is O=C1CN=C(c2cccc3ccccc23)c2[nH]c3ccccc3c2N1. The molecule has 25 heavy (non-hydrogen) atoms. The molecule has 1 aliphatic heterocycles. The fourth-order valence-corrected chi connectivity index (χ4v) is 3.51. The molecule has 4 nitrogen and oxygen atoms in total. The number of para-hydroxylation sites is 1. The lowest BCUT2D eigenvalue weighted by Gasteiger charge is -2.09. The van der Waals surface area contributed by atoms with Crippen molar-refractivity contribution in [3.8, 4) is 0 Å². The van der Waals surface area contributed by atoms with Gasteiger partial charge in [0.2, 0.25) is 5.91 Å². The molecule has 4 aromatic rings. The highest BCUT2D eigenvalue weighted by atomic mass is 16.1. The number of carbonyl (C=O) groups is 1. The van der Waals surface area contributed by atoms with Gasteiger partial charge >= 0.3 is 0 Å². The Kier molecular flexibility index (Phi) is 2.97. The monoisotopic (exact) mass is 325 g/mol. The maximum absolute atomic E-state index is 12.2. The lowest BCUT2D eigenvalue weighted by atomic mass is 9.98. The van der Waals surface area contributed by atoms with E-state index in [4.69, 9.17) is 0 Å². The summed E-state index contributed by atoms with van der Waals surface area (Å²) in [5.74, 6) is -0.0961. The average molecular weight is 325 g/mol. The van der Waals surface area contributed by atoms with Gasteiger partial charge in [-0.3, -0.25) is 9.79 Å². The molecule has 0 saturated heterocycles. The molecule has 0 unspecified atom stereocenters. The van der Waals surface area contributed by atoms with Crippen molar-refractivity contribution in [2.75, 3.05) is 11.9 Å². The van der Waals surface area contributed by atoms with Crippen molar-refractivity contribution in [1.82, 2.24) is 4.98 Å². The molecule has 120 valence electrons. The van der Waals surface area contributed by atoms with Crippen LogP contribution in [0.15, 0.2) is 71.7 Å². The lowest BCUT2D eigenvalue weighted by Crippen LogP contribution is -2.13. The Balaban J connectivity index is 1.83. The predicted octanol–water partition coefficient (Wildman–Crippen LogP) is 4.11. The van der Waals surface area contributed by atoms with Crippen molar-refractivity contribution >= 4 is 39.0 Å². The molecule has 1 amide bonds. The van der Waals surface area contributed by atoms with Crippen LogP contribution in [0.5, 0.6) is 0 Å². The van der Waals surface area contributed by atoms with E-state index in [9.17, 15) is 4.79 Å². The number of hydrogen-bond donors (Lipinski definition) is 2. The molecule has 0 spiro atoms. The van der Waals surface area contributed by atoms with Crippen LogP contribution in [0.4, 0.5) is 5.69 Å².